The van der Waals surface area contributed by atoms with Crippen LogP contribution in [-0.2, 0) is 0 Å². The Labute approximate surface area is 71.9 Å². The summed E-state index contributed by atoms with van der Waals surface area (Å²) in [6.45, 7) is 0. The molecule has 2 aromatic heterocycles. The maximum absolute atomic E-state index is 10.8. The second-order valence-corrected chi connectivity index (χ2v) is 2.99. The summed E-state index contributed by atoms with van der Waals surface area (Å²) >= 11 is 1.12. The number of aromatic nitrogens is 3. The molecule has 0 radical (unpaired) electrons. The van der Waals surface area contributed by atoms with E-state index in [1.807, 2.05) is 0 Å². The summed E-state index contributed by atoms with van der Waals surface area (Å²) in [6.07, 6.45) is 4.79. The lowest BCUT2D eigenvalue weighted by atomic mass is 10.4. The van der Waals surface area contributed by atoms with Gasteiger partial charge in [0.05, 0.1) is 11.9 Å². The highest BCUT2D eigenvalue weighted by molar-refractivity contribution is 7.07. The van der Waals surface area contributed by atoms with Gasteiger partial charge in [0, 0.05) is 17.8 Å². The zero-order valence-corrected chi connectivity index (χ0v) is 6.84. The predicted molar refractivity (Wildman–Crippen MR) is 46.0 cm³/mol. The maximum Gasteiger partial charge on any atom is 0.304 e. The number of thiazole rings is 1. The van der Waals surface area contributed by atoms with Crippen molar-refractivity contribution in [1.29, 1.82) is 0 Å². The van der Waals surface area contributed by atoms with Gasteiger partial charge in [-0.3, -0.25) is 14.8 Å². The SMILES string of the molecule is O=c1[nH]c(-c2cnccn2)cs1. The normalized spacial score (nSPS) is 10.0. The van der Waals surface area contributed by atoms with Gasteiger partial charge in [-0.25, -0.2) is 0 Å². The molecular weight excluding hydrogens is 174 g/mol. The molecule has 2 aromatic rings. The second kappa shape index (κ2) is 2.86. The van der Waals surface area contributed by atoms with Crippen LogP contribution in [0.15, 0.2) is 28.8 Å². The number of rotatable bonds is 1. The zero-order chi connectivity index (χ0) is 8.39. The summed E-state index contributed by atoms with van der Waals surface area (Å²) in [4.78, 5) is 21.3. The lowest BCUT2D eigenvalue weighted by molar-refractivity contribution is 1.18. The van der Waals surface area contributed by atoms with Gasteiger partial charge < -0.3 is 4.98 Å². The van der Waals surface area contributed by atoms with Crippen molar-refractivity contribution in [2.45, 2.75) is 0 Å². The Kier molecular flexibility index (Phi) is 1.71. The van der Waals surface area contributed by atoms with E-state index < -0.39 is 0 Å². The molecular formula is C7H5N3OS. The minimum Gasteiger partial charge on any atom is -0.311 e. The van der Waals surface area contributed by atoms with Crippen LogP contribution < -0.4 is 4.87 Å². The van der Waals surface area contributed by atoms with E-state index in [0.717, 1.165) is 17.0 Å². The third-order valence-corrected chi connectivity index (χ3v) is 2.03. The molecule has 60 valence electrons. The molecule has 2 heterocycles. The fraction of sp³-hybridized carbons (Fsp3) is 0. The van der Waals surface area contributed by atoms with Crippen LogP contribution in [0.1, 0.15) is 0 Å². The lowest BCUT2D eigenvalue weighted by Crippen LogP contribution is -1.93. The van der Waals surface area contributed by atoms with E-state index in [-0.39, 0.29) is 4.87 Å². The number of aromatic amines is 1. The number of hydrogen-bond donors (Lipinski definition) is 1. The summed E-state index contributed by atoms with van der Waals surface area (Å²) in [5.41, 5.74) is 1.41. The highest BCUT2D eigenvalue weighted by Crippen LogP contribution is 2.11. The fourth-order valence-corrected chi connectivity index (χ4v) is 1.42. The summed E-state index contributed by atoms with van der Waals surface area (Å²) in [7, 11) is 0. The van der Waals surface area contributed by atoms with Crippen molar-refractivity contribution < 1.29 is 0 Å². The van der Waals surface area contributed by atoms with E-state index >= 15 is 0 Å². The van der Waals surface area contributed by atoms with Gasteiger partial charge >= 0.3 is 4.87 Å². The first-order valence-corrected chi connectivity index (χ1v) is 4.18. The molecule has 0 saturated heterocycles. The topological polar surface area (TPSA) is 58.6 Å². The van der Waals surface area contributed by atoms with Gasteiger partial charge in [-0.1, -0.05) is 11.3 Å². The molecule has 0 fully saturated rings. The van der Waals surface area contributed by atoms with Crippen LogP contribution in [0.3, 0.4) is 0 Å². The van der Waals surface area contributed by atoms with Gasteiger partial charge in [0.25, 0.3) is 0 Å². The molecule has 0 aromatic carbocycles. The molecule has 0 spiro atoms. The molecule has 0 aliphatic heterocycles. The summed E-state index contributed by atoms with van der Waals surface area (Å²) in [5, 5.41) is 1.73. The number of H-pyrrole nitrogens is 1. The minimum absolute atomic E-state index is 0.0735. The van der Waals surface area contributed by atoms with Crippen LogP contribution in [0.4, 0.5) is 0 Å². The molecule has 12 heavy (non-hydrogen) atoms. The monoisotopic (exact) mass is 179 g/mol. The molecule has 1 N–H and O–H groups in total. The first-order valence-electron chi connectivity index (χ1n) is 3.30. The third-order valence-electron chi connectivity index (χ3n) is 1.36. The Morgan fingerprint density at radius 3 is 2.92 bits per heavy atom. The Bertz CT molecular complexity index is 419. The van der Waals surface area contributed by atoms with Crippen LogP contribution in [-0.4, -0.2) is 15.0 Å². The maximum atomic E-state index is 10.8. The van der Waals surface area contributed by atoms with Gasteiger partial charge in [-0.2, -0.15) is 0 Å². The molecule has 0 amide bonds. The molecule has 4 nitrogen and oxygen atoms in total. The van der Waals surface area contributed by atoms with Crippen LogP contribution in [0.2, 0.25) is 0 Å². The Morgan fingerprint density at radius 2 is 2.33 bits per heavy atom. The standard InChI is InChI=1S/C7H5N3OS/c11-7-10-6(4-12-7)5-3-8-1-2-9-5/h1-4H,(H,10,11). The third kappa shape index (κ3) is 1.26. The minimum atomic E-state index is -0.0735. The van der Waals surface area contributed by atoms with Gasteiger partial charge in [0.2, 0.25) is 0 Å². The van der Waals surface area contributed by atoms with Crippen molar-refractivity contribution in [1.82, 2.24) is 15.0 Å². The van der Waals surface area contributed by atoms with Crippen molar-refractivity contribution in [3.8, 4) is 11.4 Å². The molecule has 0 aliphatic carbocycles. The average Bonchev–Trinajstić information content (AvgIpc) is 2.54. The first kappa shape index (κ1) is 7.17. The second-order valence-electron chi connectivity index (χ2n) is 2.15. The van der Waals surface area contributed by atoms with E-state index in [9.17, 15) is 4.79 Å². The number of nitrogens with one attached hydrogen (secondary N) is 1. The molecule has 0 atom stereocenters. The van der Waals surface area contributed by atoms with Crippen molar-refractivity contribution in [2.75, 3.05) is 0 Å². The van der Waals surface area contributed by atoms with Crippen molar-refractivity contribution in [3.05, 3.63) is 33.6 Å². The molecule has 0 bridgehead atoms. The van der Waals surface area contributed by atoms with E-state index in [4.69, 9.17) is 0 Å². The van der Waals surface area contributed by atoms with Crippen molar-refractivity contribution >= 4 is 11.3 Å². The molecule has 0 unspecified atom stereocenters. The van der Waals surface area contributed by atoms with Gasteiger partial charge in [0.1, 0.15) is 5.69 Å². The molecule has 0 saturated carbocycles. The quantitative estimate of drug-likeness (QED) is 0.707. The number of hydrogen-bond acceptors (Lipinski definition) is 4. The summed E-state index contributed by atoms with van der Waals surface area (Å²) in [5.74, 6) is 0. The fourth-order valence-electron chi connectivity index (χ4n) is 0.844. The van der Waals surface area contributed by atoms with Crippen molar-refractivity contribution in [3.63, 3.8) is 0 Å². The van der Waals surface area contributed by atoms with Gasteiger partial charge in [0.15, 0.2) is 0 Å². The Morgan fingerprint density at radius 1 is 1.42 bits per heavy atom. The highest BCUT2D eigenvalue weighted by atomic mass is 32.1. The van der Waals surface area contributed by atoms with Crippen LogP contribution in [0.25, 0.3) is 11.4 Å². The number of nitrogens with zero attached hydrogens (tertiary/aromatic N) is 2. The smallest absolute Gasteiger partial charge is 0.304 e. The molecule has 0 aliphatic rings. The Balaban J connectivity index is 2.51. The van der Waals surface area contributed by atoms with E-state index in [1.165, 1.54) is 0 Å². The summed E-state index contributed by atoms with van der Waals surface area (Å²) < 4.78 is 0. The molecule has 2 rings (SSSR count). The van der Waals surface area contributed by atoms with E-state index in [1.54, 1.807) is 24.0 Å². The predicted octanol–water partition coefficient (Wildman–Crippen LogP) is 0.893. The van der Waals surface area contributed by atoms with Crippen LogP contribution in [0, 0.1) is 0 Å². The van der Waals surface area contributed by atoms with Gasteiger partial charge in [-0.15, -0.1) is 0 Å². The van der Waals surface area contributed by atoms with Crippen molar-refractivity contribution in [2.24, 2.45) is 0 Å². The van der Waals surface area contributed by atoms with E-state index in [0.29, 0.717) is 5.69 Å². The van der Waals surface area contributed by atoms with Crippen LogP contribution in [0.5, 0.6) is 0 Å². The molecule has 5 heteroatoms. The zero-order valence-electron chi connectivity index (χ0n) is 6.02. The van der Waals surface area contributed by atoms with E-state index in [2.05, 4.69) is 15.0 Å². The average molecular weight is 179 g/mol. The lowest BCUT2D eigenvalue weighted by Gasteiger charge is -1.91. The summed E-state index contributed by atoms with van der Waals surface area (Å²) in [6, 6.07) is 0. The van der Waals surface area contributed by atoms with Crippen LogP contribution >= 0.6 is 11.3 Å². The largest absolute Gasteiger partial charge is 0.311 e. The van der Waals surface area contributed by atoms with Gasteiger partial charge in [-0.05, 0) is 0 Å². The Hall–Kier alpha value is -1.49. The first-order chi connectivity index (χ1) is 5.86. The highest BCUT2D eigenvalue weighted by Gasteiger charge is 1.99.